The summed E-state index contributed by atoms with van der Waals surface area (Å²) >= 11 is 1.54. The number of nitriles is 1. The van der Waals surface area contributed by atoms with E-state index < -0.39 is 0 Å². The van der Waals surface area contributed by atoms with Crippen LogP contribution in [0.3, 0.4) is 0 Å². The molecule has 104 valence electrons. The highest BCUT2D eigenvalue weighted by molar-refractivity contribution is 7.12. The number of ketones is 1. The molecule has 0 saturated heterocycles. The van der Waals surface area contributed by atoms with E-state index in [0.717, 1.165) is 9.75 Å². The monoisotopic (exact) mass is 297 g/mol. The Labute approximate surface area is 125 Å². The fraction of sp³-hybridized carbons (Fsp3) is 0.125. The molecule has 0 spiro atoms. The SMILES string of the molecule is Cc1ccc(C=C(C#N)C(=O)c2ccc3c(c2)OCO3)s1. The summed E-state index contributed by atoms with van der Waals surface area (Å²) in [6.45, 7) is 2.14. The van der Waals surface area contributed by atoms with Crippen molar-refractivity contribution in [2.75, 3.05) is 6.79 Å². The van der Waals surface area contributed by atoms with Crippen molar-refractivity contribution in [1.82, 2.24) is 0 Å². The van der Waals surface area contributed by atoms with Gasteiger partial charge in [-0.3, -0.25) is 4.79 Å². The van der Waals surface area contributed by atoms with Gasteiger partial charge in [0.1, 0.15) is 11.6 Å². The molecule has 3 rings (SSSR count). The Morgan fingerprint density at radius 1 is 1.29 bits per heavy atom. The van der Waals surface area contributed by atoms with Gasteiger partial charge in [0.15, 0.2) is 11.5 Å². The number of carbonyl (C=O) groups excluding carboxylic acids is 1. The maximum absolute atomic E-state index is 12.4. The zero-order chi connectivity index (χ0) is 14.8. The lowest BCUT2D eigenvalue weighted by atomic mass is 10.0. The summed E-state index contributed by atoms with van der Waals surface area (Å²) in [5, 5.41) is 9.23. The number of hydrogen-bond donors (Lipinski definition) is 0. The van der Waals surface area contributed by atoms with E-state index in [1.807, 2.05) is 25.1 Å². The summed E-state index contributed by atoms with van der Waals surface area (Å²) in [5.74, 6) is 0.829. The summed E-state index contributed by atoms with van der Waals surface area (Å²) in [6, 6.07) is 10.7. The second kappa shape index (κ2) is 5.43. The molecule has 0 unspecified atom stereocenters. The normalized spacial score (nSPS) is 13.0. The molecule has 21 heavy (non-hydrogen) atoms. The van der Waals surface area contributed by atoms with E-state index in [1.54, 1.807) is 24.3 Å². The molecular formula is C16H11NO3S. The van der Waals surface area contributed by atoms with Crippen LogP contribution in [0.4, 0.5) is 0 Å². The fourth-order valence-corrected chi connectivity index (χ4v) is 2.84. The lowest BCUT2D eigenvalue weighted by Gasteiger charge is -2.01. The van der Waals surface area contributed by atoms with Crippen LogP contribution in [-0.2, 0) is 0 Å². The molecule has 0 atom stereocenters. The van der Waals surface area contributed by atoms with Gasteiger partial charge in [0.25, 0.3) is 0 Å². The lowest BCUT2D eigenvalue weighted by Crippen LogP contribution is -2.01. The van der Waals surface area contributed by atoms with Crippen LogP contribution >= 0.6 is 11.3 Å². The number of nitrogens with zero attached hydrogens (tertiary/aromatic N) is 1. The van der Waals surface area contributed by atoms with Crippen LogP contribution in [0.2, 0.25) is 0 Å². The van der Waals surface area contributed by atoms with E-state index in [0.29, 0.717) is 17.1 Å². The lowest BCUT2D eigenvalue weighted by molar-refractivity contribution is 0.103. The highest BCUT2D eigenvalue weighted by Gasteiger charge is 2.18. The molecule has 0 saturated carbocycles. The third-order valence-corrected chi connectivity index (χ3v) is 4.00. The summed E-state index contributed by atoms with van der Waals surface area (Å²) in [7, 11) is 0. The van der Waals surface area contributed by atoms with Gasteiger partial charge in [-0.25, -0.2) is 0 Å². The number of benzene rings is 1. The molecule has 5 heteroatoms. The second-order valence-corrected chi connectivity index (χ2v) is 5.83. The van der Waals surface area contributed by atoms with Crippen LogP contribution in [0.15, 0.2) is 35.9 Å². The zero-order valence-corrected chi connectivity index (χ0v) is 12.1. The highest BCUT2D eigenvalue weighted by atomic mass is 32.1. The van der Waals surface area contributed by atoms with Gasteiger partial charge in [-0.15, -0.1) is 11.3 Å². The minimum Gasteiger partial charge on any atom is -0.454 e. The van der Waals surface area contributed by atoms with E-state index in [2.05, 4.69) is 0 Å². The van der Waals surface area contributed by atoms with Gasteiger partial charge in [0.2, 0.25) is 12.6 Å². The largest absolute Gasteiger partial charge is 0.454 e. The first kappa shape index (κ1) is 13.4. The molecular weight excluding hydrogens is 286 g/mol. The van der Waals surface area contributed by atoms with Crippen molar-refractivity contribution < 1.29 is 14.3 Å². The number of fused-ring (bicyclic) bond motifs is 1. The summed E-state index contributed by atoms with van der Waals surface area (Å²) in [5.41, 5.74) is 0.524. The average Bonchev–Trinajstić information content (AvgIpc) is 3.11. The number of hydrogen-bond acceptors (Lipinski definition) is 5. The average molecular weight is 297 g/mol. The number of aryl methyl sites for hydroxylation is 1. The number of ether oxygens (including phenoxy) is 2. The molecule has 2 aromatic rings. The van der Waals surface area contributed by atoms with Crippen molar-refractivity contribution in [2.24, 2.45) is 0 Å². The molecule has 0 bridgehead atoms. The fourth-order valence-electron chi connectivity index (χ4n) is 2.02. The van der Waals surface area contributed by atoms with Gasteiger partial charge < -0.3 is 9.47 Å². The van der Waals surface area contributed by atoms with Gasteiger partial charge >= 0.3 is 0 Å². The van der Waals surface area contributed by atoms with Crippen LogP contribution in [-0.4, -0.2) is 12.6 Å². The second-order valence-electron chi connectivity index (χ2n) is 4.52. The molecule has 0 amide bonds. The van der Waals surface area contributed by atoms with Gasteiger partial charge in [-0.1, -0.05) is 0 Å². The molecule has 0 radical (unpaired) electrons. The Morgan fingerprint density at radius 3 is 2.81 bits per heavy atom. The number of carbonyl (C=O) groups is 1. The van der Waals surface area contributed by atoms with Crippen LogP contribution < -0.4 is 9.47 Å². The van der Waals surface area contributed by atoms with Crippen molar-refractivity contribution in [1.29, 1.82) is 5.26 Å². The van der Waals surface area contributed by atoms with Crippen LogP contribution in [0.5, 0.6) is 11.5 Å². The van der Waals surface area contributed by atoms with E-state index in [4.69, 9.17) is 9.47 Å². The summed E-state index contributed by atoms with van der Waals surface area (Å²) in [6.07, 6.45) is 1.62. The molecule has 0 fully saturated rings. The molecule has 4 nitrogen and oxygen atoms in total. The third kappa shape index (κ3) is 2.67. The minimum atomic E-state index is -0.318. The predicted octanol–water partition coefficient (Wildman–Crippen LogP) is 3.58. The molecule has 1 aliphatic heterocycles. The number of rotatable bonds is 3. The Balaban J connectivity index is 1.93. The van der Waals surface area contributed by atoms with E-state index in [1.165, 1.54) is 11.3 Å². The molecule has 1 aromatic carbocycles. The number of Topliss-reactive ketones (excluding diaryl/α,β-unsaturated/α-hetero) is 1. The van der Waals surface area contributed by atoms with Crippen molar-refractivity contribution >= 4 is 23.2 Å². The molecule has 0 N–H and O–H groups in total. The van der Waals surface area contributed by atoms with Crippen LogP contribution in [0.1, 0.15) is 20.1 Å². The van der Waals surface area contributed by atoms with E-state index in [9.17, 15) is 10.1 Å². The first-order valence-corrected chi connectivity index (χ1v) is 7.11. The molecule has 0 aliphatic carbocycles. The maximum atomic E-state index is 12.4. The van der Waals surface area contributed by atoms with Crippen molar-refractivity contribution in [3.8, 4) is 17.6 Å². The van der Waals surface area contributed by atoms with Gasteiger partial charge in [-0.05, 0) is 43.3 Å². The standard InChI is InChI=1S/C16H11NO3S/c1-10-2-4-13(21-10)6-12(8-17)16(18)11-3-5-14-15(7-11)20-9-19-14/h2-7H,9H2,1H3. The Kier molecular flexibility index (Phi) is 3.46. The van der Waals surface area contributed by atoms with Crippen LogP contribution in [0, 0.1) is 18.3 Å². The Bertz CT molecular complexity index is 783. The number of allylic oxidation sites excluding steroid dienone is 1. The summed E-state index contributed by atoms with van der Waals surface area (Å²) in [4.78, 5) is 14.4. The highest BCUT2D eigenvalue weighted by Crippen LogP contribution is 2.33. The van der Waals surface area contributed by atoms with Crippen molar-refractivity contribution in [3.63, 3.8) is 0 Å². The Morgan fingerprint density at radius 2 is 2.10 bits per heavy atom. The molecule has 2 heterocycles. The number of thiophene rings is 1. The first-order valence-electron chi connectivity index (χ1n) is 6.30. The predicted molar refractivity (Wildman–Crippen MR) is 79.5 cm³/mol. The van der Waals surface area contributed by atoms with E-state index in [-0.39, 0.29) is 18.1 Å². The molecule has 1 aromatic heterocycles. The van der Waals surface area contributed by atoms with Gasteiger partial charge in [-0.2, -0.15) is 5.26 Å². The minimum absolute atomic E-state index is 0.107. The van der Waals surface area contributed by atoms with Gasteiger partial charge in [0.05, 0.1) is 0 Å². The maximum Gasteiger partial charge on any atom is 0.231 e. The smallest absolute Gasteiger partial charge is 0.231 e. The zero-order valence-electron chi connectivity index (χ0n) is 11.3. The van der Waals surface area contributed by atoms with Gasteiger partial charge in [0, 0.05) is 15.3 Å². The third-order valence-electron chi connectivity index (χ3n) is 3.05. The Hall–Kier alpha value is -2.58. The van der Waals surface area contributed by atoms with E-state index >= 15 is 0 Å². The first-order chi connectivity index (χ1) is 10.2. The van der Waals surface area contributed by atoms with Crippen molar-refractivity contribution in [3.05, 3.63) is 51.2 Å². The quantitative estimate of drug-likeness (QED) is 0.493. The topological polar surface area (TPSA) is 59.3 Å². The molecule has 1 aliphatic rings. The van der Waals surface area contributed by atoms with Crippen LogP contribution in [0.25, 0.3) is 6.08 Å². The van der Waals surface area contributed by atoms with Crippen molar-refractivity contribution in [2.45, 2.75) is 6.92 Å². The summed E-state index contributed by atoms with van der Waals surface area (Å²) < 4.78 is 10.5.